The molecule has 4 aromatic carbocycles. The quantitative estimate of drug-likeness (QED) is 0.138. The number of ketones is 2. The third kappa shape index (κ3) is 4.66. The molecule has 0 unspecified atom stereocenters. The zero-order chi connectivity index (χ0) is 34.7. The molecule has 8 aromatic rings. The molecule has 5 nitrogen and oxygen atoms in total. The van der Waals surface area contributed by atoms with Gasteiger partial charge >= 0.3 is 0 Å². The molecule has 246 valence electrons. The number of nitrogens with zero attached hydrogens (tertiary/aromatic N) is 1. The molecule has 0 amide bonds. The van der Waals surface area contributed by atoms with Gasteiger partial charge in [0.1, 0.15) is 5.76 Å². The topological polar surface area (TPSA) is 65.3 Å². The number of carbonyl (C=O) groups excluding carboxylic acids is 2. The molecule has 0 radical (unpaired) electrons. The van der Waals surface area contributed by atoms with Gasteiger partial charge in [-0.05, 0) is 82.6 Å². The summed E-state index contributed by atoms with van der Waals surface area (Å²) in [5.74, 6) is 1.00. The van der Waals surface area contributed by atoms with Gasteiger partial charge in [0.15, 0.2) is 28.7 Å². The van der Waals surface area contributed by atoms with Crippen molar-refractivity contribution >= 4 is 71.2 Å². The van der Waals surface area contributed by atoms with E-state index in [2.05, 4.69) is 101 Å². The molecule has 0 N–H and O–H groups in total. The second-order valence-corrected chi connectivity index (χ2v) is 16.4. The van der Waals surface area contributed by atoms with Crippen LogP contribution in [-0.2, 0) is 10.8 Å². The Morgan fingerprint density at radius 1 is 0.600 bits per heavy atom. The highest BCUT2D eigenvalue weighted by Crippen LogP contribution is 2.42. The van der Waals surface area contributed by atoms with Crippen LogP contribution >= 0.6 is 11.3 Å². The standard InChI is InChI=1S/C44H35NO4S/c1-43(2,3)24-11-16-34-31(19-24)32-20-25(44(4,5)6)12-17-35(32)45(34)26-13-15-30-38(21-26)50-39-23-37(49-42(30)39)36-18-14-27(48-36)22-33-40(46)28-9-7-8-10-29(28)41(33)47/h7-23H,1-6H3. The lowest BCUT2D eigenvalue weighted by Crippen LogP contribution is -2.10. The van der Waals surface area contributed by atoms with Crippen LogP contribution in [0.1, 0.15) is 79.1 Å². The SMILES string of the molecule is CC(C)(C)c1ccc2c(c1)c1cc(C(C)(C)C)ccc1n2-c1ccc2c(c1)sc1cc(-c3ccc(C=C4C(=O)c5ccccc5C4=O)o3)oc12. The summed E-state index contributed by atoms with van der Waals surface area (Å²) in [4.78, 5) is 25.7. The largest absolute Gasteiger partial charge is 0.453 e. The fourth-order valence-corrected chi connectivity index (χ4v) is 8.24. The van der Waals surface area contributed by atoms with Crippen molar-refractivity contribution in [3.63, 3.8) is 0 Å². The number of aromatic nitrogens is 1. The number of allylic oxidation sites excluding steroid dienone is 1. The number of hydrogen-bond acceptors (Lipinski definition) is 5. The highest BCUT2D eigenvalue weighted by Gasteiger charge is 2.33. The minimum absolute atomic E-state index is 0.0438. The summed E-state index contributed by atoms with van der Waals surface area (Å²) in [6.45, 7) is 13.6. The monoisotopic (exact) mass is 673 g/mol. The van der Waals surface area contributed by atoms with Crippen LogP contribution in [0.3, 0.4) is 0 Å². The normalized spacial score (nSPS) is 13.8. The van der Waals surface area contributed by atoms with Gasteiger partial charge in [-0.2, -0.15) is 0 Å². The molecule has 0 aliphatic heterocycles. The molecule has 6 heteroatoms. The van der Waals surface area contributed by atoms with Gasteiger partial charge in [0, 0.05) is 43.7 Å². The highest BCUT2D eigenvalue weighted by atomic mass is 32.1. The molecule has 4 aromatic heterocycles. The Hall–Kier alpha value is -5.46. The first-order valence-corrected chi connectivity index (χ1v) is 17.7. The predicted molar refractivity (Wildman–Crippen MR) is 204 cm³/mol. The molecule has 50 heavy (non-hydrogen) atoms. The van der Waals surface area contributed by atoms with E-state index in [-0.39, 0.29) is 28.0 Å². The van der Waals surface area contributed by atoms with E-state index in [9.17, 15) is 9.59 Å². The molecule has 0 bridgehead atoms. The van der Waals surface area contributed by atoms with E-state index in [4.69, 9.17) is 8.83 Å². The third-order valence-electron chi connectivity index (χ3n) is 9.94. The van der Waals surface area contributed by atoms with Crippen LogP contribution in [0, 0.1) is 0 Å². The summed E-state index contributed by atoms with van der Waals surface area (Å²) >= 11 is 1.69. The number of carbonyl (C=O) groups is 2. The summed E-state index contributed by atoms with van der Waals surface area (Å²) in [5.41, 5.74) is 8.00. The zero-order valence-electron chi connectivity index (χ0n) is 28.8. The lowest BCUT2D eigenvalue weighted by Gasteiger charge is -2.19. The average Bonchev–Trinajstić information content (AvgIpc) is 3.89. The summed E-state index contributed by atoms with van der Waals surface area (Å²) < 4.78 is 17.0. The molecule has 9 rings (SSSR count). The molecule has 1 aliphatic carbocycles. The fourth-order valence-electron chi connectivity index (χ4n) is 7.14. The average molecular weight is 674 g/mol. The lowest BCUT2D eigenvalue weighted by atomic mass is 9.85. The first kappa shape index (κ1) is 30.6. The number of furan rings is 2. The molecule has 4 heterocycles. The van der Waals surface area contributed by atoms with E-state index in [1.54, 1.807) is 41.7 Å². The van der Waals surface area contributed by atoms with Gasteiger partial charge in [-0.3, -0.25) is 9.59 Å². The Morgan fingerprint density at radius 2 is 1.22 bits per heavy atom. The van der Waals surface area contributed by atoms with Gasteiger partial charge in [0.2, 0.25) is 0 Å². The smallest absolute Gasteiger partial charge is 0.197 e. The van der Waals surface area contributed by atoms with Gasteiger partial charge in [-0.15, -0.1) is 11.3 Å². The van der Waals surface area contributed by atoms with Crippen molar-refractivity contribution in [1.29, 1.82) is 0 Å². The van der Waals surface area contributed by atoms with Crippen molar-refractivity contribution in [3.8, 4) is 17.2 Å². The van der Waals surface area contributed by atoms with E-state index in [0.29, 0.717) is 28.4 Å². The van der Waals surface area contributed by atoms with Crippen LogP contribution in [0.4, 0.5) is 0 Å². The van der Waals surface area contributed by atoms with Crippen molar-refractivity contribution in [3.05, 3.63) is 131 Å². The minimum atomic E-state index is -0.280. The second kappa shape index (κ2) is 10.5. The van der Waals surface area contributed by atoms with Crippen LogP contribution in [0.15, 0.2) is 111 Å². The van der Waals surface area contributed by atoms with Crippen molar-refractivity contribution in [2.24, 2.45) is 0 Å². The lowest BCUT2D eigenvalue weighted by molar-refractivity contribution is 0.0990. The Labute approximate surface area is 293 Å². The summed E-state index contributed by atoms with van der Waals surface area (Å²) in [6, 6.07) is 32.9. The fraction of sp³-hybridized carbons (Fsp3) is 0.182. The third-order valence-corrected chi connectivity index (χ3v) is 11.0. The van der Waals surface area contributed by atoms with Gasteiger partial charge in [-0.25, -0.2) is 0 Å². The molecule has 0 atom stereocenters. The predicted octanol–water partition coefficient (Wildman–Crippen LogP) is 12.1. The van der Waals surface area contributed by atoms with Crippen molar-refractivity contribution in [1.82, 2.24) is 4.57 Å². The molecule has 0 saturated heterocycles. The van der Waals surface area contributed by atoms with Crippen molar-refractivity contribution < 1.29 is 18.4 Å². The van der Waals surface area contributed by atoms with Crippen LogP contribution in [0.2, 0.25) is 0 Å². The number of benzene rings is 4. The van der Waals surface area contributed by atoms with Gasteiger partial charge in [0.05, 0.1) is 21.3 Å². The molecule has 0 fully saturated rings. The van der Waals surface area contributed by atoms with E-state index >= 15 is 0 Å². The molecule has 0 spiro atoms. The Morgan fingerprint density at radius 3 is 1.82 bits per heavy atom. The first-order chi connectivity index (χ1) is 23.8. The van der Waals surface area contributed by atoms with E-state index in [1.165, 1.54) is 39.0 Å². The maximum absolute atomic E-state index is 12.9. The van der Waals surface area contributed by atoms with Crippen LogP contribution in [0.5, 0.6) is 0 Å². The van der Waals surface area contributed by atoms with Crippen molar-refractivity contribution in [2.75, 3.05) is 0 Å². The van der Waals surface area contributed by atoms with Crippen LogP contribution in [0.25, 0.3) is 65.5 Å². The maximum atomic E-state index is 12.9. The van der Waals surface area contributed by atoms with Crippen LogP contribution < -0.4 is 0 Å². The number of Topliss-reactive ketones (excluding diaryl/α,β-unsaturated/α-hetero) is 2. The van der Waals surface area contributed by atoms with E-state index in [0.717, 1.165) is 26.1 Å². The summed E-state index contributed by atoms with van der Waals surface area (Å²) in [5, 5.41) is 3.57. The van der Waals surface area contributed by atoms with E-state index < -0.39 is 0 Å². The number of fused-ring (bicyclic) bond motifs is 7. The van der Waals surface area contributed by atoms with Crippen molar-refractivity contribution in [2.45, 2.75) is 52.4 Å². The molecule has 1 aliphatic rings. The number of thiophene rings is 1. The van der Waals surface area contributed by atoms with Gasteiger partial charge in [-0.1, -0.05) is 77.9 Å². The zero-order valence-corrected chi connectivity index (χ0v) is 29.6. The van der Waals surface area contributed by atoms with Gasteiger partial charge < -0.3 is 13.4 Å². The molecular formula is C44H35NO4S. The highest BCUT2D eigenvalue weighted by molar-refractivity contribution is 7.25. The van der Waals surface area contributed by atoms with Gasteiger partial charge in [0.25, 0.3) is 0 Å². The summed E-state index contributed by atoms with van der Waals surface area (Å²) in [6.07, 6.45) is 1.53. The Kier molecular flexibility index (Phi) is 6.44. The first-order valence-electron chi connectivity index (χ1n) is 16.9. The molecule has 0 saturated carbocycles. The minimum Gasteiger partial charge on any atom is -0.453 e. The summed E-state index contributed by atoms with van der Waals surface area (Å²) in [7, 11) is 0. The van der Waals surface area contributed by atoms with Crippen LogP contribution in [-0.4, -0.2) is 16.1 Å². The number of rotatable bonds is 3. The number of hydrogen-bond donors (Lipinski definition) is 0. The van der Waals surface area contributed by atoms with E-state index in [1.807, 2.05) is 12.1 Å². The second-order valence-electron chi connectivity index (χ2n) is 15.3. The maximum Gasteiger partial charge on any atom is 0.197 e. The Balaban J connectivity index is 1.10. The molecular weight excluding hydrogens is 639 g/mol. The Bertz CT molecular complexity index is 2660.